The number of ether oxygens (including phenoxy) is 2. The minimum Gasteiger partial charge on any atom is -0.384 e. The molecule has 0 aromatic heterocycles. The van der Waals surface area contributed by atoms with E-state index >= 15 is 0 Å². The van der Waals surface area contributed by atoms with Crippen LogP contribution in [0.2, 0.25) is 0 Å². The topological polar surface area (TPSA) is 18.5 Å². The third kappa shape index (κ3) is 4.55. The van der Waals surface area contributed by atoms with E-state index in [-0.39, 0.29) is 0 Å². The SMILES string of the molecule is COCC1CCCC(OCC2CCCC(C)C2)C1. The fraction of sp³-hybridized carbons (Fsp3) is 1.00. The Kier molecular flexibility index (Phi) is 5.97. The molecule has 2 rings (SSSR count). The van der Waals surface area contributed by atoms with E-state index in [0.29, 0.717) is 6.10 Å². The summed E-state index contributed by atoms with van der Waals surface area (Å²) in [5.74, 6) is 2.48. The minimum absolute atomic E-state index is 0.510. The van der Waals surface area contributed by atoms with Gasteiger partial charge in [0.1, 0.15) is 0 Å². The summed E-state index contributed by atoms with van der Waals surface area (Å²) >= 11 is 0. The van der Waals surface area contributed by atoms with Gasteiger partial charge in [0.25, 0.3) is 0 Å². The van der Waals surface area contributed by atoms with E-state index < -0.39 is 0 Å². The summed E-state index contributed by atoms with van der Waals surface area (Å²) in [7, 11) is 1.81. The Labute approximate surface area is 112 Å². The molecule has 0 N–H and O–H groups in total. The van der Waals surface area contributed by atoms with Crippen LogP contribution >= 0.6 is 0 Å². The van der Waals surface area contributed by atoms with Crippen LogP contribution in [0.25, 0.3) is 0 Å². The molecule has 4 unspecified atom stereocenters. The molecular formula is C16H30O2. The van der Waals surface area contributed by atoms with Crippen molar-refractivity contribution in [3.05, 3.63) is 0 Å². The van der Waals surface area contributed by atoms with Gasteiger partial charge in [0.05, 0.1) is 6.10 Å². The molecule has 0 bridgehead atoms. The van der Waals surface area contributed by atoms with Crippen molar-refractivity contribution in [2.24, 2.45) is 17.8 Å². The molecule has 0 aromatic rings. The highest BCUT2D eigenvalue weighted by Gasteiger charge is 2.24. The van der Waals surface area contributed by atoms with Crippen LogP contribution in [0, 0.1) is 17.8 Å². The third-order valence-corrected chi connectivity index (χ3v) is 4.75. The summed E-state index contributed by atoms with van der Waals surface area (Å²) in [6, 6.07) is 0. The molecule has 0 saturated heterocycles. The Hall–Kier alpha value is -0.0800. The molecule has 0 aliphatic heterocycles. The van der Waals surface area contributed by atoms with E-state index in [4.69, 9.17) is 9.47 Å². The molecule has 0 aromatic carbocycles. The number of methoxy groups -OCH3 is 1. The Morgan fingerprint density at radius 3 is 2.33 bits per heavy atom. The highest BCUT2D eigenvalue weighted by molar-refractivity contribution is 4.75. The van der Waals surface area contributed by atoms with Crippen molar-refractivity contribution in [2.75, 3.05) is 20.3 Å². The lowest BCUT2D eigenvalue weighted by Gasteiger charge is -2.32. The Morgan fingerprint density at radius 2 is 1.61 bits per heavy atom. The fourth-order valence-corrected chi connectivity index (χ4v) is 3.76. The number of hydrogen-bond donors (Lipinski definition) is 0. The van der Waals surface area contributed by atoms with Crippen LogP contribution in [-0.2, 0) is 9.47 Å². The average Bonchev–Trinajstić information content (AvgIpc) is 2.37. The molecule has 2 aliphatic rings. The molecule has 2 aliphatic carbocycles. The zero-order valence-corrected chi connectivity index (χ0v) is 12.2. The largest absolute Gasteiger partial charge is 0.384 e. The first-order valence-electron chi connectivity index (χ1n) is 7.88. The molecule has 0 amide bonds. The maximum atomic E-state index is 6.19. The Bertz CT molecular complexity index is 227. The predicted molar refractivity (Wildman–Crippen MR) is 74.7 cm³/mol. The summed E-state index contributed by atoms with van der Waals surface area (Å²) in [4.78, 5) is 0. The first-order chi connectivity index (χ1) is 8.78. The lowest BCUT2D eigenvalue weighted by Crippen LogP contribution is -2.28. The Morgan fingerprint density at radius 1 is 0.889 bits per heavy atom. The summed E-state index contributed by atoms with van der Waals surface area (Å²) in [5.41, 5.74) is 0. The molecule has 2 saturated carbocycles. The molecule has 2 fully saturated rings. The van der Waals surface area contributed by atoms with Crippen LogP contribution in [0.15, 0.2) is 0 Å². The van der Waals surface area contributed by atoms with E-state index in [1.165, 1.54) is 51.4 Å². The van der Waals surface area contributed by atoms with Gasteiger partial charge in [-0.15, -0.1) is 0 Å². The van der Waals surface area contributed by atoms with Gasteiger partial charge in [-0.1, -0.05) is 26.2 Å². The molecule has 0 radical (unpaired) electrons. The van der Waals surface area contributed by atoms with Crippen LogP contribution < -0.4 is 0 Å². The highest BCUT2D eigenvalue weighted by atomic mass is 16.5. The third-order valence-electron chi connectivity index (χ3n) is 4.75. The maximum Gasteiger partial charge on any atom is 0.0578 e. The summed E-state index contributed by atoms with van der Waals surface area (Å²) < 4.78 is 11.5. The van der Waals surface area contributed by atoms with E-state index in [1.807, 2.05) is 7.11 Å². The van der Waals surface area contributed by atoms with Crippen molar-refractivity contribution in [3.8, 4) is 0 Å². The van der Waals surface area contributed by atoms with Crippen molar-refractivity contribution in [2.45, 2.75) is 64.4 Å². The summed E-state index contributed by atoms with van der Waals surface area (Å²) in [6.45, 7) is 4.32. The second kappa shape index (κ2) is 7.49. The van der Waals surface area contributed by atoms with Crippen molar-refractivity contribution in [1.29, 1.82) is 0 Å². The summed E-state index contributed by atoms with van der Waals surface area (Å²) in [6.07, 6.45) is 11.2. The lowest BCUT2D eigenvalue weighted by atomic mass is 9.83. The average molecular weight is 254 g/mol. The van der Waals surface area contributed by atoms with Crippen LogP contribution in [-0.4, -0.2) is 26.4 Å². The van der Waals surface area contributed by atoms with Gasteiger partial charge >= 0.3 is 0 Å². The van der Waals surface area contributed by atoms with E-state index in [2.05, 4.69) is 6.92 Å². The first kappa shape index (κ1) is 14.3. The Balaban J connectivity index is 1.66. The van der Waals surface area contributed by atoms with Gasteiger partial charge in [-0.3, -0.25) is 0 Å². The quantitative estimate of drug-likeness (QED) is 0.737. The molecule has 2 nitrogen and oxygen atoms in total. The molecule has 2 heteroatoms. The normalized spacial score (nSPS) is 37.7. The number of rotatable bonds is 5. The van der Waals surface area contributed by atoms with Gasteiger partial charge in [-0.05, 0) is 49.9 Å². The highest BCUT2D eigenvalue weighted by Crippen LogP contribution is 2.31. The summed E-state index contributed by atoms with van der Waals surface area (Å²) in [5, 5.41) is 0. The smallest absolute Gasteiger partial charge is 0.0578 e. The van der Waals surface area contributed by atoms with Gasteiger partial charge in [0, 0.05) is 20.3 Å². The van der Waals surface area contributed by atoms with Crippen LogP contribution in [0.1, 0.15) is 58.3 Å². The van der Waals surface area contributed by atoms with E-state index in [0.717, 1.165) is 31.0 Å². The second-order valence-corrected chi connectivity index (χ2v) is 6.58. The van der Waals surface area contributed by atoms with Gasteiger partial charge in [-0.25, -0.2) is 0 Å². The van der Waals surface area contributed by atoms with Crippen molar-refractivity contribution in [3.63, 3.8) is 0 Å². The fourth-order valence-electron chi connectivity index (χ4n) is 3.76. The van der Waals surface area contributed by atoms with Crippen LogP contribution in [0.3, 0.4) is 0 Å². The van der Waals surface area contributed by atoms with E-state index in [9.17, 15) is 0 Å². The second-order valence-electron chi connectivity index (χ2n) is 6.58. The molecule has 4 atom stereocenters. The standard InChI is InChI=1S/C16H30O2/c1-13-5-3-6-14(9-13)12-18-16-8-4-7-15(10-16)11-17-2/h13-16H,3-12H2,1-2H3. The zero-order valence-electron chi connectivity index (χ0n) is 12.2. The van der Waals surface area contributed by atoms with Crippen molar-refractivity contribution in [1.82, 2.24) is 0 Å². The monoisotopic (exact) mass is 254 g/mol. The number of hydrogen-bond acceptors (Lipinski definition) is 2. The van der Waals surface area contributed by atoms with Crippen LogP contribution in [0.4, 0.5) is 0 Å². The maximum absolute atomic E-state index is 6.19. The van der Waals surface area contributed by atoms with Crippen molar-refractivity contribution >= 4 is 0 Å². The molecule has 0 heterocycles. The van der Waals surface area contributed by atoms with Crippen LogP contribution in [0.5, 0.6) is 0 Å². The van der Waals surface area contributed by atoms with Gasteiger partial charge in [0.2, 0.25) is 0 Å². The van der Waals surface area contributed by atoms with Gasteiger partial charge in [0.15, 0.2) is 0 Å². The lowest BCUT2D eigenvalue weighted by molar-refractivity contribution is -0.0237. The van der Waals surface area contributed by atoms with Gasteiger partial charge in [-0.2, -0.15) is 0 Å². The zero-order chi connectivity index (χ0) is 12.8. The van der Waals surface area contributed by atoms with E-state index in [1.54, 1.807) is 0 Å². The molecule has 106 valence electrons. The van der Waals surface area contributed by atoms with Gasteiger partial charge < -0.3 is 9.47 Å². The molecule has 0 spiro atoms. The predicted octanol–water partition coefficient (Wildman–Crippen LogP) is 4.03. The molecular weight excluding hydrogens is 224 g/mol. The minimum atomic E-state index is 0.510. The van der Waals surface area contributed by atoms with Crippen molar-refractivity contribution < 1.29 is 9.47 Å². The first-order valence-corrected chi connectivity index (χ1v) is 7.88. The molecule has 18 heavy (non-hydrogen) atoms.